The number of phenolic OH excluding ortho intramolecular Hbond substituents is 1. The van der Waals surface area contributed by atoms with E-state index in [4.69, 9.17) is 0 Å². The van der Waals surface area contributed by atoms with Gasteiger partial charge in [0.05, 0.1) is 29.2 Å². The molecule has 1 aromatic heterocycles. The molecule has 144 valence electrons. The molecule has 2 aromatic carbocycles. The maximum Gasteiger partial charge on any atom is 0.255 e. The first-order valence-electron chi connectivity index (χ1n) is 9.72. The number of aromatic hydroxyl groups is 1. The van der Waals surface area contributed by atoms with Crippen molar-refractivity contribution in [3.05, 3.63) is 76.6 Å². The van der Waals surface area contributed by atoms with E-state index < -0.39 is 0 Å². The lowest BCUT2D eigenvalue weighted by molar-refractivity contribution is 0.0935. The van der Waals surface area contributed by atoms with Gasteiger partial charge in [0.1, 0.15) is 5.75 Å². The summed E-state index contributed by atoms with van der Waals surface area (Å²) in [6, 6.07) is 13.5. The van der Waals surface area contributed by atoms with Crippen LogP contribution in [0.5, 0.6) is 5.75 Å². The van der Waals surface area contributed by atoms with Crippen LogP contribution in [0.1, 0.15) is 65.0 Å². The molecule has 0 saturated carbocycles. The normalized spacial score (nSPS) is 15.6. The lowest BCUT2D eigenvalue weighted by Gasteiger charge is -2.16. The molecule has 1 atom stereocenters. The van der Waals surface area contributed by atoms with Crippen molar-refractivity contribution in [2.24, 2.45) is 0 Å². The van der Waals surface area contributed by atoms with Crippen LogP contribution in [0.4, 0.5) is 0 Å². The smallest absolute Gasteiger partial charge is 0.255 e. The molecule has 1 unspecified atom stereocenters. The quantitative estimate of drug-likeness (QED) is 0.709. The molecule has 4 rings (SSSR count). The highest BCUT2D eigenvalue weighted by molar-refractivity contribution is 5.95. The van der Waals surface area contributed by atoms with E-state index in [2.05, 4.69) is 24.3 Å². The van der Waals surface area contributed by atoms with Gasteiger partial charge < -0.3 is 10.4 Å². The van der Waals surface area contributed by atoms with Crippen molar-refractivity contribution in [3.63, 3.8) is 0 Å². The van der Waals surface area contributed by atoms with Gasteiger partial charge in [0.2, 0.25) is 0 Å². The number of carbonyl (C=O) groups excluding carboxylic acids is 1. The molecule has 0 bridgehead atoms. The first-order valence-corrected chi connectivity index (χ1v) is 9.72. The number of hydrogen-bond acceptors (Lipinski definition) is 3. The number of phenols is 1. The zero-order chi connectivity index (χ0) is 19.8. The maximum absolute atomic E-state index is 13.1. The highest BCUT2D eigenvalue weighted by Crippen LogP contribution is 2.36. The second-order valence-corrected chi connectivity index (χ2v) is 7.76. The molecular weight excluding hydrogens is 350 g/mol. The molecule has 0 radical (unpaired) electrons. The molecule has 28 heavy (non-hydrogen) atoms. The molecular formula is C23H25N3O2. The van der Waals surface area contributed by atoms with Crippen LogP contribution in [0.3, 0.4) is 0 Å². The van der Waals surface area contributed by atoms with Crippen LogP contribution in [0.15, 0.2) is 48.7 Å². The van der Waals surface area contributed by atoms with Crippen molar-refractivity contribution in [3.8, 4) is 11.4 Å². The monoisotopic (exact) mass is 375 g/mol. The number of aryl methyl sites for hydroxylation is 1. The summed E-state index contributed by atoms with van der Waals surface area (Å²) in [5, 5.41) is 17.7. The van der Waals surface area contributed by atoms with Crippen molar-refractivity contribution < 1.29 is 9.90 Å². The molecule has 5 nitrogen and oxygen atoms in total. The van der Waals surface area contributed by atoms with Gasteiger partial charge in [-0.2, -0.15) is 5.10 Å². The molecule has 0 spiro atoms. The fourth-order valence-electron chi connectivity index (χ4n) is 4.00. The Bertz CT molecular complexity index is 1020. The minimum atomic E-state index is -0.122. The summed E-state index contributed by atoms with van der Waals surface area (Å²) in [7, 11) is 0. The second kappa shape index (κ2) is 7.15. The lowest BCUT2D eigenvalue weighted by Crippen LogP contribution is -2.28. The number of hydrogen-bond donors (Lipinski definition) is 2. The van der Waals surface area contributed by atoms with Crippen LogP contribution < -0.4 is 5.32 Å². The first kappa shape index (κ1) is 18.3. The number of fused-ring (bicyclic) bond motifs is 1. The Morgan fingerprint density at radius 2 is 1.96 bits per heavy atom. The molecule has 0 aliphatic heterocycles. The molecule has 1 aliphatic carbocycles. The zero-order valence-corrected chi connectivity index (χ0v) is 16.4. The molecule has 5 heteroatoms. The summed E-state index contributed by atoms with van der Waals surface area (Å²) in [6.07, 6.45) is 3.22. The number of carbonyl (C=O) groups is 1. The standard InChI is InChI=1S/C23H25N3O2/c1-14(2)22-19(13-24-26(22)16-9-7-15(3)8-10-16)23(28)25-20-12-11-18-17(20)5-4-6-21(18)27/h4-10,13-14,20,27H,11-12H2,1-3H3,(H,25,28). The van der Waals surface area contributed by atoms with Gasteiger partial charge in [-0.1, -0.05) is 43.7 Å². The Morgan fingerprint density at radius 3 is 2.68 bits per heavy atom. The molecule has 0 fully saturated rings. The number of nitrogens with one attached hydrogen (secondary N) is 1. The SMILES string of the molecule is Cc1ccc(-n2ncc(C(=O)NC3CCc4c(O)cccc43)c2C(C)C)cc1. The highest BCUT2D eigenvalue weighted by Gasteiger charge is 2.28. The number of rotatable bonds is 4. The predicted octanol–water partition coefficient (Wildman–Crippen LogP) is 4.43. The summed E-state index contributed by atoms with van der Waals surface area (Å²) in [4.78, 5) is 13.1. The third-order valence-electron chi connectivity index (χ3n) is 5.43. The average molecular weight is 375 g/mol. The van der Waals surface area contributed by atoms with Crippen molar-refractivity contribution in [2.75, 3.05) is 0 Å². The van der Waals surface area contributed by atoms with E-state index in [0.29, 0.717) is 11.3 Å². The molecule has 1 amide bonds. The van der Waals surface area contributed by atoms with Crippen molar-refractivity contribution in [2.45, 2.75) is 45.6 Å². The number of benzene rings is 2. The van der Waals surface area contributed by atoms with E-state index in [9.17, 15) is 9.90 Å². The summed E-state index contributed by atoms with van der Waals surface area (Å²) >= 11 is 0. The summed E-state index contributed by atoms with van der Waals surface area (Å²) in [5.41, 5.74) is 5.57. The Morgan fingerprint density at radius 1 is 1.21 bits per heavy atom. The zero-order valence-electron chi connectivity index (χ0n) is 16.4. The molecule has 1 heterocycles. The van der Waals surface area contributed by atoms with E-state index in [1.807, 2.05) is 48.0 Å². The Labute approximate surface area is 165 Å². The second-order valence-electron chi connectivity index (χ2n) is 7.76. The van der Waals surface area contributed by atoms with Crippen LogP contribution >= 0.6 is 0 Å². The predicted molar refractivity (Wildman–Crippen MR) is 109 cm³/mol. The van der Waals surface area contributed by atoms with Gasteiger partial charge >= 0.3 is 0 Å². The highest BCUT2D eigenvalue weighted by atomic mass is 16.3. The van der Waals surface area contributed by atoms with Gasteiger partial charge in [-0.3, -0.25) is 4.79 Å². The fourth-order valence-corrected chi connectivity index (χ4v) is 4.00. The third-order valence-corrected chi connectivity index (χ3v) is 5.43. The number of nitrogens with zero attached hydrogens (tertiary/aromatic N) is 2. The number of amides is 1. The van der Waals surface area contributed by atoms with Gasteiger partial charge in [0, 0.05) is 0 Å². The van der Waals surface area contributed by atoms with Crippen LogP contribution in [0, 0.1) is 6.92 Å². The topological polar surface area (TPSA) is 67.2 Å². The van der Waals surface area contributed by atoms with Crippen LogP contribution in [-0.2, 0) is 6.42 Å². The molecule has 2 N–H and O–H groups in total. The third kappa shape index (κ3) is 3.17. The van der Waals surface area contributed by atoms with Gasteiger partial charge in [-0.25, -0.2) is 4.68 Å². The Balaban J connectivity index is 1.64. The van der Waals surface area contributed by atoms with Gasteiger partial charge in [-0.15, -0.1) is 0 Å². The summed E-state index contributed by atoms with van der Waals surface area (Å²) in [5.74, 6) is 0.331. The summed E-state index contributed by atoms with van der Waals surface area (Å²) < 4.78 is 1.85. The van der Waals surface area contributed by atoms with Crippen molar-refractivity contribution in [1.29, 1.82) is 0 Å². The lowest BCUT2D eigenvalue weighted by atomic mass is 10.0. The minimum Gasteiger partial charge on any atom is -0.508 e. The van der Waals surface area contributed by atoms with Crippen molar-refractivity contribution >= 4 is 5.91 Å². The Hall–Kier alpha value is -3.08. The van der Waals surface area contributed by atoms with E-state index in [0.717, 1.165) is 35.3 Å². The van der Waals surface area contributed by atoms with E-state index in [-0.39, 0.29) is 17.9 Å². The van der Waals surface area contributed by atoms with Crippen LogP contribution in [0.25, 0.3) is 5.69 Å². The van der Waals surface area contributed by atoms with Gasteiger partial charge in [0.25, 0.3) is 5.91 Å². The van der Waals surface area contributed by atoms with Gasteiger partial charge in [0.15, 0.2) is 0 Å². The van der Waals surface area contributed by atoms with E-state index in [1.54, 1.807) is 12.3 Å². The van der Waals surface area contributed by atoms with E-state index in [1.165, 1.54) is 5.56 Å². The first-order chi connectivity index (χ1) is 13.5. The molecule has 3 aromatic rings. The average Bonchev–Trinajstić information content (AvgIpc) is 3.28. The summed E-state index contributed by atoms with van der Waals surface area (Å²) in [6.45, 7) is 6.19. The number of aromatic nitrogens is 2. The minimum absolute atomic E-state index is 0.0858. The molecule has 0 saturated heterocycles. The van der Waals surface area contributed by atoms with Crippen molar-refractivity contribution in [1.82, 2.24) is 15.1 Å². The molecule has 1 aliphatic rings. The van der Waals surface area contributed by atoms with Gasteiger partial charge in [-0.05, 0) is 55.0 Å². The fraction of sp³-hybridized carbons (Fsp3) is 0.304. The van der Waals surface area contributed by atoms with E-state index >= 15 is 0 Å². The Kier molecular flexibility index (Phi) is 4.67. The van der Waals surface area contributed by atoms with Crippen LogP contribution in [0.2, 0.25) is 0 Å². The maximum atomic E-state index is 13.1. The van der Waals surface area contributed by atoms with Crippen LogP contribution in [-0.4, -0.2) is 20.8 Å². The largest absolute Gasteiger partial charge is 0.508 e.